The molecule has 0 aliphatic rings. The number of nitrogens with zero attached hydrogens (tertiary/aromatic N) is 2. The van der Waals surface area contributed by atoms with Gasteiger partial charge in [-0.15, -0.1) is 0 Å². The minimum absolute atomic E-state index is 0.506. The van der Waals surface area contributed by atoms with Gasteiger partial charge in [-0.25, -0.2) is 4.98 Å². The Labute approximate surface area is 162 Å². The largest absolute Gasteiger partial charge is 0.467 e. The smallest absolute Gasteiger partial charge is 0.225 e. The Bertz CT molecular complexity index is 1000. The Hall–Kier alpha value is -3.31. The SMILES string of the molecule is Clc1ccc(Nc2cc(-c3ccccc3)nc(NCc3ccco3)n2)cc1. The molecule has 0 atom stereocenters. The highest BCUT2D eigenvalue weighted by Gasteiger charge is 2.08. The van der Waals surface area contributed by atoms with E-state index in [9.17, 15) is 0 Å². The van der Waals surface area contributed by atoms with E-state index in [4.69, 9.17) is 16.0 Å². The first kappa shape index (κ1) is 17.1. The molecular weight excluding hydrogens is 360 g/mol. The van der Waals surface area contributed by atoms with E-state index < -0.39 is 0 Å². The second-order valence-electron chi connectivity index (χ2n) is 5.89. The highest BCUT2D eigenvalue weighted by Crippen LogP contribution is 2.24. The van der Waals surface area contributed by atoms with Crippen LogP contribution in [0.3, 0.4) is 0 Å². The zero-order valence-corrected chi connectivity index (χ0v) is 15.1. The van der Waals surface area contributed by atoms with Crippen molar-refractivity contribution in [3.05, 3.63) is 89.8 Å². The van der Waals surface area contributed by atoms with Crippen molar-refractivity contribution >= 4 is 29.1 Å². The molecule has 0 saturated heterocycles. The zero-order valence-electron chi connectivity index (χ0n) is 14.4. The first-order chi connectivity index (χ1) is 13.3. The van der Waals surface area contributed by atoms with Gasteiger partial charge >= 0.3 is 0 Å². The number of anilines is 3. The molecule has 0 radical (unpaired) electrons. The van der Waals surface area contributed by atoms with Crippen molar-refractivity contribution in [2.75, 3.05) is 10.6 Å². The van der Waals surface area contributed by atoms with Crippen molar-refractivity contribution in [2.45, 2.75) is 6.54 Å². The third-order valence-electron chi connectivity index (χ3n) is 3.91. The van der Waals surface area contributed by atoms with Gasteiger partial charge in [0, 0.05) is 22.3 Å². The van der Waals surface area contributed by atoms with Crippen molar-refractivity contribution in [2.24, 2.45) is 0 Å². The highest BCUT2D eigenvalue weighted by atomic mass is 35.5. The van der Waals surface area contributed by atoms with E-state index >= 15 is 0 Å². The van der Waals surface area contributed by atoms with E-state index in [0.29, 0.717) is 23.3 Å². The van der Waals surface area contributed by atoms with Crippen molar-refractivity contribution < 1.29 is 4.42 Å². The number of hydrogen-bond donors (Lipinski definition) is 2. The van der Waals surface area contributed by atoms with Crippen LogP contribution in [0, 0.1) is 0 Å². The topological polar surface area (TPSA) is 63.0 Å². The number of rotatable bonds is 6. The molecule has 27 heavy (non-hydrogen) atoms. The number of benzene rings is 2. The Balaban J connectivity index is 1.64. The van der Waals surface area contributed by atoms with Crippen LogP contribution < -0.4 is 10.6 Å². The molecule has 0 fully saturated rings. The Kier molecular flexibility index (Phi) is 5.03. The lowest BCUT2D eigenvalue weighted by molar-refractivity contribution is 0.517. The summed E-state index contributed by atoms with van der Waals surface area (Å²) in [6.07, 6.45) is 1.64. The molecule has 0 saturated carbocycles. The molecule has 5 nitrogen and oxygen atoms in total. The molecule has 4 aromatic rings. The molecule has 0 amide bonds. The standard InChI is InChI=1S/C21H17ClN4O/c22-16-8-10-17(11-9-16)24-20-13-19(15-5-2-1-3-6-15)25-21(26-20)23-14-18-7-4-12-27-18/h1-13H,14H2,(H2,23,24,25,26). The van der Waals surface area contributed by atoms with Crippen LogP contribution in [0.15, 0.2) is 83.5 Å². The summed E-state index contributed by atoms with van der Waals surface area (Å²) in [5.41, 5.74) is 2.73. The summed E-state index contributed by atoms with van der Waals surface area (Å²) >= 11 is 5.96. The maximum Gasteiger partial charge on any atom is 0.225 e. The molecule has 2 N–H and O–H groups in total. The van der Waals surface area contributed by atoms with Gasteiger partial charge < -0.3 is 15.1 Å². The molecule has 0 aliphatic carbocycles. The summed E-state index contributed by atoms with van der Waals surface area (Å²) in [5, 5.41) is 7.21. The summed E-state index contributed by atoms with van der Waals surface area (Å²) in [7, 11) is 0. The van der Waals surface area contributed by atoms with Crippen LogP contribution in [-0.2, 0) is 6.54 Å². The predicted molar refractivity (Wildman–Crippen MR) is 108 cm³/mol. The summed E-state index contributed by atoms with van der Waals surface area (Å²) < 4.78 is 5.36. The molecule has 6 heteroatoms. The van der Waals surface area contributed by atoms with E-state index in [1.807, 2.05) is 72.8 Å². The fraction of sp³-hybridized carbons (Fsp3) is 0.0476. The van der Waals surface area contributed by atoms with Gasteiger partial charge in [-0.3, -0.25) is 0 Å². The van der Waals surface area contributed by atoms with E-state index in [-0.39, 0.29) is 0 Å². The average Bonchev–Trinajstić information content (AvgIpc) is 3.22. The molecule has 0 aliphatic heterocycles. The summed E-state index contributed by atoms with van der Waals surface area (Å²) in [5.74, 6) is 2.02. The number of aromatic nitrogens is 2. The quantitative estimate of drug-likeness (QED) is 0.449. The van der Waals surface area contributed by atoms with Crippen LogP contribution in [0.4, 0.5) is 17.5 Å². The van der Waals surface area contributed by atoms with Crippen LogP contribution in [0.25, 0.3) is 11.3 Å². The number of halogens is 1. The fourth-order valence-electron chi connectivity index (χ4n) is 2.61. The summed E-state index contributed by atoms with van der Waals surface area (Å²) in [6, 6.07) is 23.1. The summed E-state index contributed by atoms with van der Waals surface area (Å²) in [4.78, 5) is 9.20. The van der Waals surface area contributed by atoms with Crippen LogP contribution >= 0.6 is 11.6 Å². The van der Waals surface area contributed by atoms with Gasteiger partial charge in [0.2, 0.25) is 5.95 Å². The van der Waals surface area contributed by atoms with E-state index in [0.717, 1.165) is 22.7 Å². The molecule has 2 aromatic carbocycles. The predicted octanol–water partition coefficient (Wildman–Crippen LogP) is 5.75. The Morgan fingerprint density at radius 2 is 1.70 bits per heavy atom. The normalized spacial score (nSPS) is 10.6. The lowest BCUT2D eigenvalue weighted by atomic mass is 10.1. The van der Waals surface area contributed by atoms with Crippen molar-refractivity contribution in [1.82, 2.24) is 9.97 Å². The van der Waals surface area contributed by atoms with Gasteiger partial charge in [-0.1, -0.05) is 41.9 Å². The second kappa shape index (κ2) is 7.93. The number of nitrogens with one attached hydrogen (secondary N) is 2. The first-order valence-electron chi connectivity index (χ1n) is 8.50. The fourth-order valence-corrected chi connectivity index (χ4v) is 2.73. The average molecular weight is 377 g/mol. The molecule has 0 spiro atoms. The second-order valence-corrected chi connectivity index (χ2v) is 6.33. The number of furan rings is 1. The molecule has 0 bridgehead atoms. The molecule has 2 aromatic heterocycles. The molecule has 4 rings (SSSR count). The Morgan fingerprint density at radius 3 is 2.44 bits per heavy atom. The monoisotopic (exact) mass is 376 g/mol. The minimum atomic E-state index is 0.506. The van der Waals surface area contributed by atoms with Crippen LogP contribution in [0.1, 0.15) is 5.76 Å². The van der Waals surface area contributed by atoms with Crippen LogP contribution in [-0.4, -0.2) is 9.97 Å². The van der Waals surface area contributed by atoms with Gasteiger partial charge in [0.25, 0.3) is 0 Å². The molecule has 0 unspecified atom stereocenters. The van der Waals surface area contributed by atoms with E-state index in [2.05, 4.69) is 20.6 Å². The summed E-state index contributed by atoms with van der Waals surface area (Å²) in [6.45, 7) is 0.506. The molecule has 134 valence electrons. The van der Waals surface area contributed by atoms with Gasteiger partial charge in [0.15, 0.2) is 0 Å². The van der Waals surface area contributed by atoms with Gasteiger partial charge in [-0.2, -0.15) is 4.98 Å². The lowest BCUT2D eigenvalue weighted by Gasteiger charge is -2.11. The van der Waals surface area contributed by atoms with E-state index in [1.54, 1.807) is 6.26 Å². The van der Waals surface area contributed by atoms with Crippen molar-refractivity contribution in [1.29, 1.82) is 0 Å². The number of hydrogen-bond acceptors (Lipinski definition) is 5. The van der Waals surface area contributed by atoms with E-state index in [1.165, 1.54) is 0 Å². The lowest BCUT2D eigenvalue weighted by Crippen LogP contribution is -2.06. The maximum absolute atomic E-state index is 5.96. The van der Waals surface area contributed by atoms with Crippen LogP contribution in [0.5, 0.6) is 0 Å². The molecular formula is C21H17ClN4O. The maximum atomic E-state index is 5.96. The third-order valence-corrected chi connectivity index (χ3v) is 4.17. The highest BCUT2D eigenvalue weighted by molar-refractivity contribution is 6.30. The van der Waals surface area contributed by atoms with Gasteiger partial charge in [0.05, 0.1) is 18.5 Å². The zero-order chi connectivity index (χ0) is 18.5. The third kappa shape index (κ3) is 4.46. The Morgan fingerprint density at radius 1 is 0.889 bits per heavy atom. The minimum Gasteiger partial charge on any atom is -0.467 e. The van der Waals surface area contributed by atoms with Crippen molar-refractivity contribution in [3.63, 3.8) is 0 Å². The first-order valence-corrected chi connectivity index (χ1v) is 8.87. The molecule has 2 heterocycles. The van der Waals surface area contributed by atoms with Crippen molar-refractivity contribution in [3.8, 4) is 11.3 Å². The van der Waals surface area contributed by atoms with Gasteiger partial charge in [0.1, 0.15) is 11.6 Å². The van der Waals surface area contributed by atoms with Crippen LogP contribution in [0.2, 0.25) is 5.02 Å². The van der Waals surface area contributed by atoms with Gasteiger partial charge in [-0.05, 0) is 36.4 Å².